The highest BCUT2D eigenvalue weighted by molar-refractivity contribution is 8.00. The van der Waals surface area contributed by atoms with Gasteiger partial charge in [-0.25, -0.2) is 0 Å². The normalized spacial score (nSPS) is 12.8. The van der Waals surface area contributed by atoms with Gasteiger partial charge in [0.2, 0.25) is 5.91 Å². The lowest BCUT2D eigenvalue weighted by Gasteiger charge is -2.33. The molecule has 1 amide bonds. The molecule has 0 bridgehead atoms. The number of nitrogens with zero attached hydrogens (tertiary/aromatic N) is 1. The van der Waals surface area contributed by atoms with E-state index in [1.807, 2.05) is 24.0 Å². The number of carbonyl (C=O) groups is 1. The summed E-state index contributed by atoms with van der Waals surface area (Å²) < 4.78 is 0. The summed E-state index contributed by atoms with van der Waals surface area (Å²) in [4.78, 5) is 15.7. The van der Waals surface area contributed by atoms with E-state index < -0.39 is 0 Å². The number of benzene rings is 1. The first-order chi connectivity index (χ1) is 8.84. The van der Waals surface area contributed by atoms with E-state index in [0.29, 0.717) is 0 Å². The van der Waals surface area contributed by atoms with Crippen LogP contribution in [0.1, 0.15) is 40.2 Å². The number of carbonyl (C=O) groups excluding carboxylic acids is 1. The highest BCUT2D eigenvalue weighted by atomic mass is 32.2. The molecule has 0 heterocycles. The summed E-state index contributed by atoms with van der Waals surface area (Å²) in [7, 11) is 0. The zero-order valence-electron chi connectivity index (χ0n) is 12.8. The van der Waals surface area contributed by atoms with Gasteiger partial charge in [-0.15, -0.1) is 11.8 Å². The highest BCUT2D eigenvalue weighted by Gasteiger charge is 2.25. The number of hydrogen-bond acceptors (Lipinski definition) is 2. The largest absolute Gasteiger partial charge is 0.337 e. The van der Waals surface area contributed by atoms with E-state index in [4.69, 9.17) is 0 Å². The van der Waals surface area contributed by atoms with Gasteiger partial charge < -0.3 is 4.90 Å². The van der Waals surface area contributed by atoms with Crippen LogP contribution < -0.4 is 0 Å². The van der Waals surface area contributed by atoms with Crippen LogP contribution in [0.4, 0.5) is 0 Å². The van der Waals surface area contributed by atoms with Crippen molar-refractivity contribution in [1.82, 2.24) is 4.90 Å². The molecule has 106 valence electrons. The van der Waals surface area contributed by atoms with Crippen molar-refractivity contribution in [2.75, 3.05) is 0 Å². The Labute approximate surface area is 121 Å². The molecule has 19 heavy (non-hydrogen) atoms. The van der Waals surface area contributed by atoms with Crippen molar-refractivity contribution in [2.24, 2.45) is 0 Å². The molecule has 0 radical (unpaired) electrons. The van der Waals surface area contributed by atoms with Crippen molar-refractivity contribution in [1.29, 1.82) is 0 Å². The van der Waals surface area contributed by atoms with Crippen molar-refractivity contribution in [2.45, 2.75) is 63.8 Å². The van der Waals surface area contributed by atoms with E-state index >= 15 is 0 Å². The van der Waals surface area contributed by atoms with Crippen LogP contribution in [0.3, 0.4) is 0 Å². The predicted molar refractivity (Wildman–Crippen MR) is 83.6 cm³/mol. The standard InChI is InChI=1S/C16H25NOS/c1-11(2)17(12(3)4)16(18)14(6)19-15-10-8-7-9-13(15)5/h7-12,14H,1-6H3. The van der Waals surface area contributed by atoms with Crippen LogP contribution in [0.25, 0.3) is 0 Å². The SMILES string of the molecule is Cc1ccccc1SC(C)C(=O)N(C(C)C)C(C)C. The molecule has 2 nitrogen and oxygen atoms in total. The molecule has 1 aromatic carbocycles. The van der Waals surface area contributed by atoms with Gasteiger partial charge in [-0.05, 0) is 53.2 Å². The van der Waals surface area contributed by atoms with E-state index in [2.05, 4.69) is 46.8 Å². The van der Waals surface area contributed by atoms with Crippen LogP contribution in [0.15, 0.2) is 29.2 Å². The third-order valence-electron chi connectivity index (χ3n) is 3.11. The minimum atomic E-state index is -0.0501. The Bertz CT molecular complexity index is 421. The molecular weight excluding hydrogens is 254 g/mol. The summed E-state index contributed by atoms with van der Waals surface area (Å²) in [6, 6.07) is 8.70. The van der Waals surface area contributed by atoms with Crippen molar-refractivity contribution in [3.05, 3.63) is 29.8 Å². The molecule has 1 atom stereocenters. The highest BCUT2D eigenvalue weighted by Crippen LogP contribution is 2.28. The maximum absolute atomic E-state index is 12.5. The molecule has 0 aliphatic rings. The number of hydrogen-bond donors (Lipinski definition) is 0. The van der Waals surface area contributed by atoms with Gasteiger partial charge in [0.05, 0.1) is 5.25 Å². The first kappa shape index (κ1) is 16.1. The van der Waals surface area contributed by atoms with Crippen LogP contribution >= 0.6 is 11.8 Å². The summed E-state index contributed by atoms with van der Waals surface area (Å²) in [5.41, 5.74) is 1.23. The second kappa shape index (κ2) is 6.99. The van der Waals surface area contributed by atoms with E-state index in [1.165, 1.54) is 10.5 Å². The van der Waals surface area contributed by atoms with Gasteiger partial charge in [0, 0.05) is 17.0 Å². The first-order valence-electron chi connectivity index (χ1n) is 6.89. The molecule has 0 aliphatic heterocycles. The number of thioether (sulfide) groups is 1. The molecule has 3 heteroatoms. The molecule has 0 aromatic heterocycles. The lowest BCUT2D eigenvalue weighted by Crippen LogP contribution is -2.45. The van der Waals surface area contributed by atoms with Gasteiger partial charge in [-0.2, -0.15) is 0 Å². The molecule has 1 rings (SSSR count). The Morgan fingerprint density at radius 1 is 1.05 bits per heavy atom. The molecule has 1 unspecified atom stereocenters. The number of aryl methyl sites for hydroxylation is 1. The van der Waals surface area contributed by atoms with Crippen LogP contribution in [0.5, 0.6) is 0 Å². The smallest absolute Gasteiger partial charge is 0.236 e. The second-order valence-electron chi connectivity index (χ2n) is 5.46. The van der Waals surface area contributed by atoms with Crippen molar-refractivity contribution in [3.8, 4) is 0 Å². The monoisotopic (exact) mass is 279 g/mol. The fourth-order valence-electron chi connectivity index (χ4n) is 2.24. The van der Waals surface area contributed by atoms with Gasteiger partial charge in [-0.3, -0.25) is 4.79 Å². The molecule has 0 saturated heterocycles. The van der Waals surface area contributed by atoms with Crippen LogP contribution in [-0.2, 0) is 4.79 Å². The third kappa shape index (κ3) is 4.27. The third-order valence-corrected chi connectivity index (χ3v) is 4.38. The van der Waals surface area contributed by atoms with Gasteiger partial charge in [0.25, 0.3) is 0 Å². The van der Waals surface area contributed by atoms with E-state index in [0.717, 1.165) is 0 Å². The quantitative estimate of drug-likeness (QED) is 0.756. The number of rotatable bonds is 5. The zero-order chi connectivity index (χ0) is 14.6. The summed E-state index contributed by atoms with van der Waals surface area (Å²) in [6.07, 6.45) is 0. The lowest BCUT2D eigenvalue weighted by molar-refractivity contribution is -0.133. The predicted octanol–water partition coefficient (Wildman–Crippen LogP) is 4.12. The van der Waals surface area contributed by atoms with Crippen LogP contribution in [0.2, 0.25) is 0 Å². The van der Waals surface area contributed by atoms with E-state index in [1.54, 1.807) is 11.8 Å². The maximum Gasteiger partial charge on any atom is 0.236 e. The zero-order valence-corrected chi connectivity index (χ0v) is 13.6. The van der Waals surface area contributed by atoms with Crippen molar-refractivity contribution >= 4 is 17.7 Å². The first-order valence-corrected chi connectivity index (χ1v) is 7.77. The Kier molecular flexibility index (Phi) is 5.92. The Morgan fingerprint density at radius 3 is 2.05 bits per heavy atom. The van der Waals surface area contributed by atoms with Gasteiger partial charge >= 0.3 is 0 Å². The summed E-state index contributed by atoms with van der Waals surface area (Å²) >= 11 is 1.65. The molecule has 0 spiro atoms. The summed E-state index contributed by atoms with van der Waals surface area (Å²) in [5.74, 6) is 0.221. The molecular formula is C16H25NOS. The molecule has 0 saturated carbocycles. The molecule has 0 N–H and O–H groups in total. The Morgan fingerprint density at radius 2 is 1.58 bits per heavy atom. The lowest BCUT2D eigenvalue weighted by atomic mass is 10.2. The number of amides is 1. The minimum Gasteiger partial charge on any atom is -0.337 e. The fraction of sp³-hybridized carbons (Fsp3) is 0.562. The van der Waals surface area contributed by atoms with E-state index in [9.17, 15) is 4.79 Å². The maximum atomic E-state index is 12.5. The Hall–Kier alpha value is -0.960. The van der Waals surface area contributed by atoms with Gasteiger partial charge in [-0.1, -0.05) is 18.2 Å². The molecule has 1 aromatic rings. The molecule has 0 fully saturated rings. The molecule has 0 aliphatic carbocycles. The average Bonchev–Trinajstić information content (AvgIpc) is 2.31. The summed E-state index contributed by atoms with van der Waals surface area (Å²) in [5, 5.41) is -0.0501. The van der Waals surface area contributed by atoms with E-state index in [-0.39, 0.29) is 23.2 Å². The van der Waals surface area contributed by atoms with Crippen LogP contribution in [-0.4, -0.2) is 28.1 Å². The Balaban J connectivity index is 2.80. The van der Waals surface area contributed by atoms with Crippen molar-refractivity contribution in [3.63, 3.8) is 0 Å². The fourth-order valence-corrected chi connectivity index (χ4v) is 3.26. The summed E-state index contributed by atoms with van der Waals surface area (Å²) in [6.45, 7) is 12.4. The van der Waals surface area contributed by atoms with Crippen molar-refractivity contribution < 1.29 is 4.79 Å². The van der Waals surface area contributed by atoms with Crippen LogP contribution in [0, 0.1) is 6.92 Å². The second-order valence-corrected chi connectivity index (χ2v) is 6.84. The minimum absolute atomic E-state index is 0.0501. The van der Waals surface area contributed by atoms with Gasteiger partial charge in [0.15, 0.2) is 0 Å². The topological polar surface area (TPSA) is 20.3 Å². The average molecular weight is 279 g/mol. The van der Waals surface area contributed by atoms with Gasteiger partial charge in [0.1, 0.15) is 0 Å².